The lowest BCUT2D eigenvalue weighted by molar-refractivity contribution is -0.118. The lowest BCUT2D eigenvalue weighted by atomic mass is 9.89. The van der Waals surface area contributed by atoms with Crippen LogP contribution in [0.2, 0.25) is 0 Å². The lowest BCUT2D eigenvalue weighted by Gasteiger charge is -2.27. The Labute approximate surface area is 147 Å². The van der Waals surface area contributed by atoms with Gasteiger partial charge < -0.3 is 10.6 Å². The summed E-state index contributed by atoms with van der Waals surface area (Å²) in [6, 6.07) is 12.2. The Bertz CT molecular complexity index is 743. The Kier molecular flexibility index (Phi) is 4.52. The number of nitrogens with one attached hydrogen (secondary N) is 4. The van der Waals surface area contributed by atoms with Gasteiger partial charge in [-0.15, -0.1) is 0 Å². The Hall–Kier alpha value is -2.22. The van der Waals surface area contributed by atoms with Crippen molar-refractivity contribution in [2.24, 2.45) is 5.92 Å². The van der Waals surface area contributed by atoms with Crippen molar-refractivity contribution in [1.82, 2.24) is 25.9 Å². The Morgan fingerprint density at radius 2 is 2.16 bits per heavy atom. The molecule has 0 aliphatic carbocycles. The third-order valence-electron chi connectivity index (χ3n) is 4.99. The normalized spacial score (nSPS) is 25.6. The molecule has 1 amide bonds. The summed E-state index contributed by atoms with van der Waals surface area (Å²) in [6.07, 6.45) is 1.03. The molecule has 2 aliphatic rings. The number of hydrazine groups is 1. The van der Waals surface area contributed by atoms with E-state index in [2.05, 4.69) is 38.7 Å². The van der Waals surface area contributed by atoms with Gasteiger partial charge in [0.25, 0.3) is 0 Å². The van der Waals surface area contributed by atoms with Crippen LogP contribution in [0.15, 0.2) is 36.4 Å². The Morgan fingerprint density at radius 1 is 1.32 bits per heavy atom. The summed E-state index contributed by atoms with van der Waals surface area (Å²) in [4.78, 5) is 12.8. The summed E-state index contributed by atoms with van der Waals surface area (Å²) in [5, 5.41) is 11.0. The molecule has 2 fully saturated rings. The third kappa shape index (κ3) is 3.44. The number of fused-ring (bicyclic) bond motifs is 1. The fraction of sp³-hybridized carbons (Fsp3) is 0.444. The van der Waals surface area contributed by atoms with Crippen molar-refractivity contribution < 1.29 is 4.79 Å². The van der Waals surface area contributed by atoms with Crippen LogP contribution in [0.4, 0.5) is 5.82 Å². The first kappa shape index (κ1) is 16.3. The molecule has 132 valence electrons. The molecule has 2 aromatic rings. The second-order valence-corrected chi connectivity index (χ2v) is 6.83. The molecule has 4 N–H and O–H groups in total. The number of hydrogen-bond acceptors (Lipinski definition) is 5. The molecule has 0 spiro atoms. The summed E-state index contributed by atoms with van der Waals surface area (Å²) in [5.41, 5.74) is 8.47. The molecule has 2 aliphatic heterocycles. The van der Waals surface area contributed by atoms with Gasteiger partial charge in [-0.2, -0.15) is 5.10 Å². The van der Waals surface area contributed by atoms with Crippen LogP contribution in [0.1, 0.15) is 17.7 Å². The zero-order valence-electron chi connectivity index (χ0n) is 14.3. The van der Waals surface area contributed by atoms with Crippen LogP contribution in [0.5, 0.6) is 0 Å². The SMILES string of the molecule is Cc1cc(NC(=O)C2NNC3CCNCC32)n(Cc2ccccc2)n1. The topological polar surface area (TPSA) is 83.0 Å². The molecule has 7 nitrogen and oxygen atoms in total. The number of aromatic nitrogens is 2. The number of hydrogen-bond donors (Lipinski definition) is 4. The highest BCUT2D eigenvalue weighted by Crippen LogP contribution is 2.22. The van der Waals surface area contributed by atoms with E-state index < -0.39 is 0 Å². The molecule has 7 heteroatoms. The number of piperidine rings is 1. The van der Waals surface area contributed by atoms with Crippen LogP contribution in [-0.4, -0.2) is 40.9 Å². The smallest absolute Gasteiger partial charge is 0.244 e. The van der Waals surface area contributed by atoms with Gasteiger partial charge in [0.2, 0.25) is 5.91 Å². The van der Waals surface area contributed by atoms with Crippen LogP contribution in [0, 0.1) is 12.8 Å². The predicted octanol–water partition coefficient (Wildman–Crippen LogP) is 0.633. The van der Waals surface area contributed by atoms with Crippen molar-refractivity contribution in [1.29, 1.82) is 0 Å². The highest BCUT2D eigenvalue weighted by molar-refractivity contribution is 5.94. The minimum absolute atomic E-state index is 0.0158. The molecule has 25 heavy (non-hydrogen) atoms. The molecule has 2 saturated heterocycles. The van der Waals surface area contributed by atoms with E-state index in [9.17, 15) is 4.79 Å². The number of aryl methyl sites for hydroxylation is 1. The first-order chi connectivity index (χ1) is 12.2. The van der Waals surface area contributed by atoms with Gasteiger partial charge in [0.1, 0.15) is 11.9 Å². The lowest BCUT2D eigenvalue weighted by Crippen LogP contribution is -2.47. The number of nitrogens with zero attached hydrogens (tertiary/aromatic N) is 2. The standard InChI is InChI=1S/C18H24N6O/c1-12-9-16(24(23-12)11-13-5-3-2-4-6-13)20-18(25)17-14-10-19-8-7-15(14)21-22-17/h2-6,9,14-15,17,19,21-22H,7-8,10-11H2,1H3,(H,20,25). The Morgan fingerprint density at radius 3 is 3.00 bits per heavy atom. The molecule has 3 unspecified atom stereocenters. The molecular weight excluding hydrogens is 316 g/mol. The number of carbonyl (C=O) groups is 1. The van der Waals surface area contributed by atoms with E-state index in [1.807, 2.05) is 35.9 Å². The van der Waals surface area contributed by atoms with Crippen LogP contribution in [0.3, 0.4) is 0 Å². The Balaban J connectivity index is 1.48. The molecule has 3 atom stereocenters. The predicted molar refractivity (Wildman–Crippen MR) is 96.0 cm³/mol. The monoisotopic (exact) mass is 340 g/mol. The highest BCUT2D eigenvalue weighted by atomic mass is 16.2. The van der Waals surface area contributed by atoms with Gasteiger partial charge >= 0.3 is 0 Å². The number of carbonyl (C=O) groups excluding carboxylic acids is 1. The van der Waals surface area contributed by atoms with Gasteiger partial charge in [-0.05, 0) is 25.5 Å². The summed E-state index contributed by atoms with van der Waals surface area (Å²) in [6.45, 7) is 4.42. The van der Waals surface area contributed by atoms with Gasteiger partial charge in [0.15, 0.2) is 0 Å². The molecular formula is C18H24N6O. The molecule has 0 radical (unpaired) electrons. The van der Waals surface area contributed by atoms with Gasteiger partial charge in [-0.1, -0.05) is 30.3 Å². The first-order valence-corrected chi connectivity index (χ1v) is 8.82. The maximum atomic E-state index is 12.8. The molecule has 0 saturated carbocycles. The average molecular weight is 340 g/mol. The van der Waals surface area contributed by atoms with Crippen LogP contribution in [0.25, 0.3) is 0 Å². The third-order valence-corrected chi connectivity index (χ3v) is 4.99. The second-order valence-electron chi connectivity index (χ2n) is 6.83. The van der Waals surface area contributed by atoms with Crippen molar-refractivity contribution in [3.05, 3.63) is 47.7 Å². The van der Waals surface area contributed by atoms with Gasteiger partial charge in [-0.3, -0.25) is 10.2 Å². The van der Waals surface area contributed by atoms with E-state index in [-0.39, 0.29) is 17.9 Å². The van der Waals surface area contributed by atoms with Crippen LogP contribution >= 0.6 is 0 Å². The zero-order chi connectivity index (χ0) is 17.2. The average Bonchev–Trinajstić information content (AvgIpc) is 3.19. The van der Waals surface area contributed by atoms with E-state index in [4.69, 9.17) is 0 Å². The molecule has 1 aromatic heterocycles. The van der Waals surface area contributed by atoms with Gasteiger partial charge in [-0.25, -0.2) is 10.1 Å². The van der Waals surface area contributed by atoms with Crippen molar-refractivity contribution in [2.75, 3.05) is 18.4 Å². The first-order valence-electron chi connectivity index (χ1n) is 8.82. The molecule has 0 bridgehead atoms. The maximum Gasteiger partial charge on any atom is 0.244 e. The van der Waals surface area contributed by atoms with Gasteiger partial charge in [0, 0.05) is 24.6 Å². The summed E-state index contributed by atoms with van der Waals surface area (Å²) in [7, 11) is 0. The molecule has 4 rings (SSSR count). The molecule has 1 aromatic carbocycles. The van der Waals surface area contributed by atoms with Crippen molar-refractivity contribution >= 4 is 11.7 Å². The van der Waals surface area contributed by atoms with Crippen molar-refractivity contribution in [2.45, 2.75) is 32.0 Å². The highest BCUT2D eigenvalue weighted by Gasteiger charge is 2.41. The zero-order valence-corrected chi connectivity index (χ0v) is 14.3. The summed E-state index contributed by atoms with van der Waals surface area (Å²) >= 11 is 0. The number of anilines is 1. The van der Waals surface area contributed by atoms with Gasteiger partial charge in [0.05, 0.1) is 12.2 Å². The van der Waals surface area contributed by atoms with Crippen molar-refractivity contribution in [3.63, 3.8) is 0 Å². The van der Waals surface area contributed by atoms with E-state index in [0.29, 0.717) is 12.6 Å². The molecule has 3 heterocycles. The summed E-state index contributed by atoms with van der Waals surface area (Å²) in [5.74, 6) is 0.985. The fourth-order valence-electron chi connectivity index (χ4n) is 3.70. The quantitative estimate of drug-likeness (QED) is 0.656. The van der Waals surface area contributed by atoms with Crippen LogP contribution in [-0.2, 0) is 11.3 Å². The van der Waals surface area contributed by atoms with E-state index >= 15 is 0 Å². The fourth-order valence-corrected chi connectivity index (χ4v) is 3.70. The van der Waals surface area contributed by atoms with E-state index in [0.717, 1.165) is 36.6 Å². The van der Waals surface area contributed by atoms with Crippen LogP contribution < -0.4 is 21.5 Å². The minimum Gasteiger partial charge on any atom is -0.316 e. The van der Waals surface area contributed by atoms with E-state index in [1.54, 1.807) is 0 Å². The maximum absolute atomic E-state index is 12.8. The van der Waals surface area contributed by atoms with E-state index in [1.165, 1.54) is 0 Å². The number of amides is 1. The largest absolute Gasteiger partial charge is 0.316 e. The number of rotatable bonds is 4. The van der Waals surface area contributed by atoms with Crippen molar-refractivity contribution in [3.8, 4) is 0 Å². The number of benzene rings is 1. The summed E-state index contributed by atoms with van der Waals surface area (Å²) < 4.78 is 1.85. The second kappa shape index (κ2) is 6.95. The minimum atomic E-state index is -0.238.